The van der Waals surface area contributed by atoms with E-state index in [1.54, 1.807) is 6.08 Å². The zero-order chi connectivity index (χ0) is 14.7. The first-order chi connectivity index (χ1) is 10.2. The van der Waals surface area contributed by atoms with Gasteiger partial charge in [-0.1, -0.05) is 48.0 Å². The largest absolute Gasteiger partial charge is 0.326 e. The van der Waals surface area contributed by atoms with Crippen LogP contribution >= 0.6 is 0 Å². The number of nitrogens with zero attached hydrogens (tertiary/aromatic N) is 1. The Morgan fingerprint density at radius 3 is 2.48 bits per heavy atom. The highest BCUT2D eigenvalue weighted by molar-refractivity contribution is 6.17. The van der Waals surface area contributed by atoms with Crippen molar-refractivity contribution in [2.75, 3.05) is 5.32 Å². The second-order valence-corrected chi connectivity index (χ2v) is 4.85. The Labute approximate surface area is 123 Å². The molecule has 1 aliphatic heterocycles. The van der Waals surface area contributed by atoms with Gasteiger partial charge in [0, 0.05) is 5.69 Å². The lowest BCUT2D eigenvalue weighted by atomic mass is 10.2. The molecule has 4 heteroatoms. The molecule has 21 heavy (non-hydrogen) atoms. The highest BCUT2D eigenvalue weighted by Crippen LogP contribution is 2.14. The molecule has 0 atom stereocenters. The molecule has 1 aliphatic rings. The predicted octanol–water partition coefficient (Wildman–Crippen LogP) is 2.93. The molecule has 0 radical (unpaired) electrons. The third kappa shape index (κ3) is 3.17. The van der Waals surface area contributed by atoms with Gasteiger partial charge in [0.25, 0.3) is 5.91 Å². The normalized spacial score (nSPS) is 15.8. The Balaban J connectivity index is 1.79. The number of aryl methyl sites for hydroxylation is 1. The van der Waals surface area contributed by atoms with E-state index in [1.165, 1.54) is 5.56 Å². The Hall–Kier alpha value is -2.88. The molecule has 4 nitrogen and oxygen atoms in total. The number of guanidine groups is 1. The maximum Gasteiger partial charge on any atom is 0.276 e. The van der Waals surface area contributed by atoms with Gasteiger partial charge in [-0.3, -0.25) is 10.1 Å². The fraction of sp³-hybridized carbons (Fsp3) is 0.0588. The quantitative estimate of drug-likeness (QED) is 0.829. The summed E-state index contributed by atoms with van der Waals surface area (Å²) in [6.45, 7) is 2.03. The molecule has 1 heterocycles. The average molecular weight is 277 g/mol. The van der Waals surface area contributed by atoms with E-state index in [4.69, 9.17) is 0 Å². The van der Waals surface area contributed by atoms with Crippen LogP contribution in [-0.2, 0) is 4.79 Å². The van der Waals surface area contributed by atoms with Crippen molar-refractivity contribution in [1.29, 1.82) is 0 Å². The zero-order valence-corrected chi connectivity index (χ0v) is 11.6. The molecular weight excluding hydrogens is 262 g/mol. The predicted molar refractivity (Wildman–Crippen MR) is 84.8 cm³/mol. The zero-order valence-electron chi connectivity index (χ0n) is 11.6. The maximum atomic E-state index is 11.9. The fourth-order valence-corrected chi connectivity index (χ4v) is 2.01. The Morgan fingerprint density at radius 1 is 1.05 bits per heavy atom. The highest BCUT2D eigenvalue weighted by atomic mass is 16.2. The van der Waals surface area contributed by atoms with Gasteiger partial charge in [0.05, 0.1) is 0 Å². The van der Waals surface area contributed by atoms with Gasteiger partial charge in [0.15, 0.2) is 0 Å². The molecule has 0 aliphatic carbocycles. The summed E-state index contributed by atoms with van der Waals surface area (Å²) in [5, 5.41) is 5.81. The van der Waals surface area contributed by atoms with Gasteiger partial charge >= 0.3 is 0 Å². The number of hydrogen-bond donors (Lipinski definition) is 2. The van der Waals surface area contributed by atoms with Gasteiger partial charge in [0.2, 0.25) is 5.96 Å². The number of hydrogen-bond acceptors (Lipinski definition) is 3. The first-order valence-electron chi connectivity index (χ1n) is 6.71. The van der Waals surface area contributed by atoms with Gasteiger partial charge in [-0.25, -0.2) is 4.99 Å². The van der Waals surface area contributed by atoms with Crippen molar-refractivity contribution < 1.29 is 4.79 Å². The molecule has 0 unspecified atom stereocenters. The lowest BCUT2D eigenvalue weighted by Gasteiger charge is -2.04. The van der Waals surface area contributed by atoms with Gasteiger partial charge < -0.3 is 5.32 Å². The number of rotatable bonds is 2. The van der Waals surface area contributed by atoms with Gasteiger partial charge in [0.1, 0.15) is 5.70 Å². The van der Waals surface area contributed by atoms with Crippen LogP contribution in [0.3, 0.4) is 0 Å². The first kappa shape index (κ1) is 13.1. The van der Waals surface area contributed by atoms with E-state index in [2.05, 4.69) is 15.6 Å². The van der Waals surface area contributed by atoms with Crippen molar-refractivity contribution in [1.82, 2.24) is 5.32 Å². The number of amides is 1. The molecule has 2 N–H and O–H groups in total. The molecule has 0 saturated carbocycles. The lowest BCUT2D eigenvalue weighted by molar-refractivity contribution is -0.115. The third-order valence-corrected chi connectivity index (χ3v) is 3.11. The van der Waals surface area contributed by atoms with Crippen molar-refractivity contribution in [3.8, 4) is 0 Å². The van der Waals surface area contributed by atoms with Crippen LogP contribution in [0.1, 0.15) is 11.1 Å². The van der Waals surface area contributed by atoms with Crippen LogP contribution in [0.15, 0.2) is 65.3 Å². The van der Waals surface area contributed by atoms with E-state index in [0.717, 1.165) is 11.3 Å². The van der Waals surface area contributed by atoms with Crippen LogP contribution in [0, 0.1) is 6.92 Å². The minimum atomic E-state index is -0.200. The molecule has 0 spiro atoms. The Kier molecular flexibility index (Phi) is 3.51. The van der Waals surface area contributed by atoms with E-state index in [1.807, 2.05) is 61.5 Å². The summed E-state index contributed by atoms with van der Waals surface area (Å²) in [4.78, 5) is 16.2. The van der Waals surface area contributed by atoms with Crippen molar-refractivity contribution in [2.24, 2.45) is 4.99 Å². The standard InChI is InChI=1S/C17H15N3O/c1-12-7-9-14(10-8-12)18-17-19-15(16(21)20-17)11-13-5-3-2-4-6-13/h2-11H,1H3,(H2,18,19,20,21)/b15-11+. The second kappa shape index (κ2) is 5.63. The van der Waals surface area contributed by atoms with Crippen LogP contribution in [0.5, 0.6) is 0 Å². The van der Waals surface area contributed by atoms with E-state index in [0.29, 0.717) is 11.7 Å². The second-order valence-electron chi connectivity index (χ2n) is 4.85. The molecule has 0 saturated heterocycles. The van der Waals surface area contributed by atoms with Gasteiger partial charge in [-0.15, -0.1) is 0 Å². The molecule has 1 amide bonds. The third-order valence-electron chi connectivity index (χ3n) is 3.11. The minimum Gasteiger partial charge on any atom is -0.326 e. The molecular formula is C17H15N3O. The SMILES string of the molecule is Cc1ccc(NC2=N/C(=C/c3ccccc3)C(=O)N2)cc1. The summed E-state index contributed by atoms with van der Waals surface area (Å²) in [5.41, 5.74) is 3.42. The molecule has 3 rings (SSSR count). The smallest absolute Gasteiger partial charge is 0.276 e. The van der Waals surface area contributed by atoms with E-state index >= 15 is 0 Å². The average Bonchev–Trinajstić information content (AvgIpc) is 2.82. The summed E-state index contributed by atoms with van der Waals surface area (Å²) >= 11 is 0. The summed E-state index contributed by atoms with van der Waals surface area (Å²) in [6, 6.07) is 17.5. The van der Waals surface area contributed by atoms with Crippen LogP contribution in [-0.4, -0.2) is 11.9 Å². The number of nitrogens with one attached hydrogen (secondary N) is 2. The molecule has 0 bridgehead atoms. The van der Waals surface area contributed by atoms with Gasteiger partial charge in [-0.05, 0) is 30.7 Å². The number of anilines is 1. The topological polar surface area (TPSA) is 53.5 Å². The van der Waals surface area contributed by atoms with Crippen molar-refractivity contribution >= 4 is 23.6 Å². The Morgan fingerprint density at radius 2 is 1.76 bits per heavy atom. The van der Waals surface area contributed by atoms with E-state index in [-0.39, 0.29) is 5.91 Å². The molecule has 2 aromatic rings. The summed E-state index contributed by atoms with van der Waals surface area (Å²) in [6.07, 6.45) is 1.76. The van der Waals surface area contributed by atoms with Crippen molar-refractivity contribution in [3.63, 3.8) is 0 Å². The highest BCUT2D eigenvalue weighted by Gasteiger charge is 2.19. The van der Waals surface area contributed by atoms with Crippen LogP contribution in [0.25, 0.3) is 6.08 Å². The lowest BCUT2D eigenvalue weighted by Crippen LogP contribution is -2.29. The van der Waals surface area contributed by atoms with Crippen molar-refractivity contribution in [2.45, 2.75) is 6.92 Å². The number of carbonyl (C=O) groups excluding carboxylic acids is 1. The molecule has 0 aromatic heterocycles. The van der Waals surface area contributed by atoms with E-state index in [9.17, 15) is 4.79 Å². The number of carbonyl (C=O) groups is 1. The van der Waals surface area contributed by atoms with Gasteiger partial charge in [-0.2, -0.15) is 0 Å². The van der Waals surface area contributed by atoms with Crippen molar-refractivity contribution in [3.05, 3.63) is 71.4 Å². The fourth-order valence-electron chi connectivity index (χ4n) is 2.01. The van der Waals surface area contributed by atoms with Crippen LogP contribution < -0.4 is 10.6 Å². The summed E-state index contributed by atoms with van der Waals surface area (Å²) in [5.74, 6) is 0.250. The monoisotopic (exact) mass is 277 g/mol. The first-order valence-corrected chi connectivity index (χ1v) is 6.71. The Bertz CT molecular complexity index is 715. The number of aliphatic imine (C=N–C) groups is 1. The molecule has 104 valence electrons. The van der Waals surface area contributed by atoms with E-state index < -0.39 is 0 Å². The summed E-state index contributed by atoms with van der Waals surface area (Å²) < 4.78 is 0. The maximum absolute atomic E-state index is 11.9. The summed E-state index contributed by atoms with van der Waals surface area (Å²) in [7, 11) is 0. The van der Waals surface area contributed by atoms with Crippen LogP contribution in [0.2, 0.25) is 0 Å². The van der Waals surface area contributed by atoms with Crippen LogP contribution in [0.4, 0.5) is 5.69 Å². The minimum absolute atomic E-state index is 0.200. The number of benzene rings is 2. The molecule has 2 aromatic carbocycles. The molecule has 0 fully saturated rings.